The number of Topliss-reactive ketones (excluding diaryl/α,β-unsaturated/α-hetero) is 1. The minimum atomic E-state index is 0.270. The van der Waals surface area contributed by atoms with Crippen molar-refractivity contribution in [2.24, 2.45) is 0 Å². The molecule has 0 saturated heterocycles. The molecule has 0 spiro atoms. The summed E-state index contributed by atoms with van der Waals surface area (Å²) in [6, 6.07) is 6.74. The van der Waals surface area contributed by atoms with Crippen LogP contribution < -0.4 is 0 Å². The van der Waals surface area contributed by atoms with Crippen LogP contribution in [0.1, 0.15) is 54.1 Å². The van der Waals surface area contributed by atoms with E-state index in [0.717, 1.165) is 17.7 Å². The Hall–Kier alpha value is -1.15. The lowest BCUT2D eigenvalue weighted by Gasteiger charge is -2.26. The molecule has 2 rings (SSSR count). The van der Waals surface area contributed by atoms with Gasteiger partial charge in [0.25, 0.3) is 0 Å². The van der Waals surface area contributed by atoms with Crippen molar-refractivity contribution in [3.05, 3.63) is 34.9 Å². The Morgan fingerprint density at radius 3 is 2.53 bits per heavy atom. The quantitative estimate of drug-likeness (QED) is 0.751. The van der Waals surface area contributed by atoms with Crippen LogP contribution in [-0.2, 0) is 0 Å². The van der Waals surface area contributed by atoms with Gasteiger partial charge in [0.15, 0.2) is 5.78 Å². The summed E-state index contributed by atoms with van der Waals surface area (Å²) >= 11 is 0. The van der Waals surface area contributed by atoms with Crippen LogP contribution >= 0.6 is 0 Å². The molecule has 1 saturated carbocycles. The van der Waals surface area contributed by atoms with Crippen molar-refractivity contribution >= 4 is 5.78 Å². The SMILES string of the molecule is CCN(CC(=O)c1ccc(C)cc1C)C1CCCC1. The molecule has 2 nitrogen and oxygen atoms in total. The first-order valence-corrected chi connectivity index (χ1v) is 7.46. The van der Waals surface area contributed by atoms with Gasteiger partial charge >= 0.3 is 0 Å². The summed E-state index contributed by atoms with van der Waals surface area (Å²) < 4.78 is 0. The fourth-order valence-corrected chi connectivity index (χ4v) is 3.16. The van der Waals surface area contributed by atoms with Gasteiger partial charge in [-0.15, -0.1) is 0 Å². The molecule has 0 N–H and O–H groups in total. The normalized spacial score (nSPS) is 16.2. The van der Waals surface area contributed by atoms with Gasteiger partial charge in [0.05, 0.1) is 6.54 Å². The van der Waals surface area contributed by atoms with Crippen LogP contribution in [0.4, 0.5) is 0 Å². The molecule has 2 heteroatoms. The summed E-state index contributed by atoms with van der Waals surface area (Å²) in [5.74, 6) is 0.270. The molecular weight excluding hydrogens is 234 g/mol. The van der Waals surface area contributed by atoms with Gasteiger partial charge in [-0.05, 0) is 38.8 Å². The second-order valence-electron chi connectivity index (χ2n) is 5.74. The Bertz CT molecular complexity index is 447. The first-order valence-electron chi connectivity index (χ1n) is 7.46. The van der Waals surface area contributed by atoms with Crippen LogP contribution in [0.2, 0.25) is 0 Å². The molecule has 104 valence electrons. The monoisotopic (exact) mass is 259 g/mol. The molecule has 0 radical (unpaired) electrons. The van der Waals surface area contributed by atoms with Crippen molar-refractivity contribution in [2.75, 3.05) is 13.1 Å². The third kappa shape index (κ3) is 3.44. The predicted octanol–water partition coefficient (Wildman–Crippen LogP) is 3.75. The van der Waals surface area contributed by atoms with Crippen molar-refractivity contribution in [1.82, 2.24) is 4.90 Å². The molecule has 1 aromatic carbocycles. The zero-order chi connectivity index (χ0) is 13.8. The molecule has 0 amide bonds. The van der Waals surface area contributed by atoms with Crippen molar-refractivity contribution in [3.63, 3.8) is 0 Å². The summed E-state index contributed by atoms with van der Waals surface area (Å²) in [4.78, 5) is 14.8. The third-order valence-electron chi connectivity index (χ3n) is 4.28. The lowest BCUT2D eigenvalue weighted by atomic mass is 10.0. The molecule has 1 aliphatic rings. The molecule has 1 fully saturated rings. The first-order chi connectivity index (χ1) is 9.11. The Labute approximate surface area is 116 Å². The Balaban J connectivity index is 2.06. The van der Waals surface area contributed by atoms with Crippen LogP contribution in [0.15, 0.2) is 18.2 Å². The number of ketones is 1. The van der Waals surface area contributed by atoms with E-state index >= 15 is 0 Å². The van der Waals surface area contributed by atoms with Crippen molar-refractivity contribution in [3.8, 4) is 0 Å². The number of aryl methyl sites for hydroxylation is 2. The van der Waals surface area contributed by atoms with Crippen LogP contribution in [0.5, 0.6) is 0 Å². The maximum Gasteiger partial charge on any atom is 0.177 e. The van der Waals surface area contributed by atoms with E-state index < -0.39 is 0 Å². The fourth-order valence-electron chi connectivity index (χ4n) is 3.16. The molecule has 0 aliphatic heterocycles. The van der Waals surface area contributed by atoms with Crippen LogP contribution in [0.25, 0.3) is 0 Å². The van der Waals surface area contributed by atoms with Crippen LogP contribution in [-0.4, -0.2) is 29.8 Å². The highest BCUT2D eigenvalue weighted by molar-refractivity contribution is 5.99. The number of likely N-dealkylation sites (N-methyl/N-ethyl adjacent to an activating group) is 1. The number of rotatable bonds is 5. The summed E-state index contributed by atoms with van der Waals surface area (Å²) in [5, 5.41) is 0. The second kappa shape index (κ2) is 6.33. The lowest BCUT2D eigenvalue weighted by Crippen LogP contribution is -2.37. The number of carbonyl (C=O) groups is 1. The summed E-state index contributed by atoms with van der Waals surface area (Å²) in [5.41, 5.74) is 3.21. The third-order valence-corrected chi connectivity index (χ3v) is 4.28. The molecule has 0 aromatic heterocycles. The van der Waals surface area contributed by atoms with E-state index in [0.29, 0.717) is 12.6 Å². The molecule has 1 aromatic rings. The number of benzene rings is 1. The van der Waals surface area contributed by atoms with Gasteiger partial charge in [-0.1, -0.05) is 43.5 Å². The van der Waals surface area contributed by atoms with Gasteiger partial charge in [0.1, 0.15) is 0 Å². The van der Waals surface area contributed by atoms with Gasteiger partial charge in [0.2, 0.25) is 0 Å². The van der Waals surface area contributed by atoms with Gasteiger partial charge in [0, 0.05) is 11.6 Å². The summed E-state index contributed by atoms with van der Waals surface area (Å²) in [6.07, 6.45) is 5.15. The Kier molecular flexibility index (Phi) is 4.76. The van der Waals surface area contributed by atoms with Gasteiger partial charge < -0.3 is 0 Å². The number of nitrogens with zero attached hydrogens (tertiary/aromatic N) is 1. The number of carbonyl (C=O) groups excluding carboxylic acids is 1. The Morgan fingerprint density at radius 2 is 1.95 bits per heavy atom. The molecule has 1 aliphatic carbocycles. The minimum absolute atomic E-state index is 0.270. The van der Waals surface area contributed by atoms with Gasteiger partial charge in [-0.3, -0.25) is 9.69 Å². The molecule has 0 unspecified atom stereocenters. The van der Waals surface area contributed by atoms with Gasteiger partial charge in [-0.25, -0.2) is 0 Å². The number of hydrogen-bond donors (Lipinski definition) is 0. The Morgan fingerprint density at radius 1 is 1.26 bits per heavy atom. The average molecular weight is 259 g/mol. The maximum atomic E-state index is 12.5. The van der Waals surface area contributed by atoms with E-state index in [2.05, 4.69) is 24.8 Å². The molecule has 0 bridgehead atoms. The highest BCUT2D eigenvalue weighted by Gasteiger charge is 2.23. The predicted molar refractivity (Wildman–Crippen MR) is 79.7 cm³/mol. The van der Waals surface area contributed by atoms with E-state index in [4.69, 9.17) is 0 Å². The van der Waals surface area contributed by atoms with Crippen molar-refractivity contribution in [1.29, 1.82) is 0 Å². The molecular formula is C17H25NO. The maximum absolute atomic E-state index is 12.5. The van der Waals surface area contributed by atoms with Crippen molar-refractivity contribution < 1.29 is 4.79 Å². The lowest BCUT2D eigenvalue weighted by molar-refractivity contribution is 0.0898. The zero-order valence-electron chi connectivity index (χ0n) is 12.4. The van der Waals surface area contributed by atoms with Crippen molar-refractivity contribution in [2.45, 2.75) is 52.5 Å². The highest BCUT2D eigenvalue weighted by atomic mass is 16.1. The minimum Gasteiger partial charge on any atom is -0.293 e. The van der Waals surface area contributed by atoms with Crippen LogP contribution in [0.3, 0.4) is 0 Å². The second-order valence-corrected chi connectivity index (χ2v) is 5.74. The molecule has 19 heavy (non-hydrogen) atoms. The summed E-state index contributed by atoms with van der Waals surface area (Å²) in [7, 11) is 0. The molecule has 0 atom stereocenters. The highest BCUT2D eigenvalue weighted by Crippen LogP contribution is 2.23. The zero-order valence-corrected chi connectivity index (χ0v) is 12.4. The largest absolute Gasteiger partial charge is 0.293 e. The fraction of sp³-hybridized carbons (Fsp3) is 0.588. The average Bonchev–Trinajstić information content (AvgIpc) is 2.89. The van der Waals surface area contributed by atoms with E-state index in [-0.39, 0.29) is 5.78 Å². The van der Waals surface area contributed by atoms with E-state index in [1.54, 1.807) is 0 Å². The first kappa shape index (κ1) is 14.3. The summed E-state index contributed by atoms with van der Waals surface area (Å²) in [6.45, 7) is 7.81. The van der Waals surface area contributed by atoms with Crippen LogP contribution in [0, 0.1) is 13.8 Å². The topological polar surface area (TPSA) is 20.3 Å². The van der Waals surface area contributed by atoms with Gasteiger partial charge in [-0.2, -0.15) is 0 Å². The van der Waals surface area contributed by atoms with E-state index in [1.807, 2.05) is 19.1 Å². The van der Waals surface area contributed by atoms with E-state index in [1.165, 1.54) is 31.2 Å². The molecule has 0 heterocycles. The van der Waals surface area contributed by atoms with E-state index in [9.17, 15) is 4.79 Å². The standard InChI is InChI=1S/C17H25NO/c1-4-18(15-7-5-6-8-15)12-17(19)16-10-9-13(2)11-14(16)3/h9-11,15H,4-8,12H2,1-3H3. The number of hydrogen-bond acceptors (Lipinski definition) is 2. The smallest absolute Gasteiger partial charge is 0.177 e.